The molecular formula is C15H14BrFN2O2. The van der Waals surface area contributed by atoms with Crippen LogP contribution in [0.15, 0.2) is 46.9 Å². The van der Waals surface area contributed by atoms with Gasteiger partial charge in [0.15, 0.2) is 0 Å². The van der Waals surface area contributed by atoms with Crippen LogP contribution in [-0.4, -0.2) is 11.1 Å². The molecule has 0 aliphatic rings. The number of hydrogen-bond donors (Lipinski definition) is 3. The Kier molecular flexibility index (Phi) is 4.93. The molecule has 0 saturated carbocycles. The summed E-state index contributed by atoms with van der Waals surface area (Å²) in [5, 5.41) is 14.7. The number of aliphatic hydroxyl groups excluding tert-OH is 1. The van der Waals surface area contributed by atoms with E-state index in [1.54, 1.807) is 31.2 Å². The molecule has 0 saturated heterocycles. The molecule has 0 heterocycles. The van der Waals surface area contributed by atoms with Gasteiger partial charge >= 0.3 is 6.03 Å². The fourth-order valence-electron chi connectivity index (χ4n) is 1.72. The number of halogens is 2. The molecule has 0 fully saturated rings. The molecule has 2 rings (SSSR count). The van der Waals surface area contributed by atoms with Crippen LogP contribution in [0.3, 0.4) is 0 Å². The van der Waals surface area contributed by atoms with Gasteiger partial charge in [0.25, 0.3) is 0 Å². The lowest BCUT2D eigenvalue weighted by Crippen LogP contribution is -2.19. The van der Waals surface area contributed by atoms with Crippen molar-refractivity contribution in [3.8, 4) is 0 Å². The first-order valence-corrected chi connectivity index (χ1v) is 7.06. The van der Waals surface area contributed by atoms with Crippen LogP contribution < -0.4 is 10.6 Å². The molecule has 2 amide bonds. The van der Waals surface area contributed by atoms with Gasteiger partial charge in [-0.2, -0.15) is 0 Å². The zero-order chi connectivity index (χ0) is 15.4. The van der Waals surface area contributed by atoms with Gasteiger partial charge in [0.1, 0.15) is 5.82 Å². The van der Waals surface area contributed by atoms with Gasteiger partial charge in [-0.05, 0) is 58.7 Å². The molecular weight excluding hydrogens is 339 g/mol. The zero-order valence-electron chi connectivity index (χ0n) is 11.2. The van der Waals surface area contributed by atoms with E-state index in [0.29, 0.717) is 15.8 Å². The topological polar surface area (TPSA) is 61.4 Å². The highest BCUT2D eigenvalue weighted by atomic mass is 79.9. The Morgan fingerprint density at radius 1 is 1.19 bits per heavy atom. The smallest absolute Gasteiger partial charge is 0.323 e. The summed E-state index contributed by atoms with van der Waals surface area (Å²) in [6.07, 6.45) is -0.553. The molecule has 3 N–H and O–H groups in total. The summed E-state index contributed by atoms with van der Waals surface area (Å²) in [5.74, 6) is -0.387. The van der Waals surface area contributed by atoms with E-state index >= 15 is 0 Å². The van der Waals surface area contributed by atoms with Gasteiger partial charge < -0.3 is 15.7 Å². The molecule has 1 atom stereocenters. The number of carbonyl (C=O) groups excluding carboxylic acids is 1. The van der Waals surface area contributed by atoms with Crippen LogP contribution in [0.5, 0.6) is 0 Å². The Morgan fingerprint density at radius 3 is 2.43 bits per heavy atom. The van der Waals surface area contributed by atoms with Gasteiger partial charge in [0.2, 0.25) is 0 Å². The maximum atomic E-state index is 13.0. The van der Waals surface area contributed by atoms with Crippen molar-refractivity contribution >= 4 is 33.3 Å². The second-order valence-electron chi connectivity index (χ2n) is 4.50. The largest absolute Gasteiger partial charge is 0.389 e. The van der Waals surface area contributed by atoms with Crippen molar-refractivity contribution in [3.63, 3.8) is 0 Å². The number of aliphatic hydroxyl groups is 1. The van der Waals surface area contributed by atoms with Crippen molar-refractivity contribution in [2.24, 2.45) is 0 Å². The molecule has 21 heavy (non-hydrogen) atoms. The SMILES string of the molecule is CC(O)c1ccc(NC(=O)Nc2ccc(F)cc2Br)cc1. The Balaban J connectivity index is 2.01. The highest BCUT2D eigenvalue weighted by Crippen LogP contribution is 2.23. The third-order valence-electron chi connectivity index (χ3n) is 2.83. The third kappa shape index (κ3) is 4.27. The van der Waals surface area contributed by atoms with Crippen molar-refractivity contribution in [2.45, 2.75) is 13.0 Å². The van der Waals surface area contributed by atoms with E-state index in [0.717, 1.165) is 5.56 Å². The molecule has 110 valence electrons. The summed E-state index contributed by atoms with van der Waals surface area (Å²) in [6, 6.07) is 10.4. The summed E-state index contributed by atoms with van der Waals surface area (Å²) in [5.41, 5.74) is 1.83. The average molecular weight is 353 g/mol. The van der Waals surface area contributed by atoms with Crippen molar-refractivity contribution < 1.29 is 14.3 Å². The Bertz CT molecular complexity index is 645. The average Bonchev–Trinajstić information content (AvgIpc) is 2.42. The molecule has 2 aromatic rings. The fraction of sp³-hybridized carbons (Fsp3) is 0.133. The third-order valence-corrected chi connectivity index (χ3v) is 3.49. The van der Waals surface area contributed by atoms with Crippen molar-refractivity contribution in [1.82, 2.24) is 0 Å². The number of carbonyl (C=O) groups is 1. The number of benzene rings is 2. The number of hydrogen-bond acceptors (Lipinski definition) is 2. The lowest BCUT2D eigenvalue weighted by atomic mass is 10.1. The van der Waals surface area contributed by atoms with Crippen molar-refractivity contribution in [1.29, 1.82) is 0 Å². The van der Waals surface area contributed by atoms with E-state index in [2.05, 4.69) is 26.6 Å². The maximum Gasteiger partial charge on any atom is 0.323 e. The van der Waals surface area contributed by atoms with Crippen LogP contribution in [0.2, 0.25) is 0 Å². The summed E-state index contributed by atoms with van der Waals surface area (Å²) in [6.45, 7) is 1.67. The van der Waals surface area contributed by atoms with Gasteiger partial charge in [-0.15, -0.1) is 0 Å². The molecule has 1 unspecified atom stereocenters. The normalized spacial score (nSPS) is 11.8. The standard InChI is InChI=1S/C15H14BrFN2O2/c1-9(20)10-2-5-12(6-3-10)18-15(21)19-14-7-4-11(17)8-13(14)16/h2-9,20H,1H3,(H2,18,19,21). The van der Waals surface area contributed by atoms with Gasteiger partial charge in [-0.3, -0.25) is 0 Å². The first-order chi connectivity index (χ1) is 9.95. The quantitative estimate of drug-likeness (QED) is 0.771. The number of amides is 2. The van der Waals surface area contributed by atoms with E-state index in [1.165, 1.54) is 18.2 Å². The fourth-order valence-corrected chi connectivity index (χ4v) is 2.17. The molecule has 0 aromatic heterocycles. The first kappa shape index (κ1) is 15.5. The highest BCUT2D eigenvalue weighted by molar-refractivity contribution is 9.10. The Hall–Kier alpha value is -1.92. The van der Waals surface area contributed by atoms with Crippen LogP contribution in [0.1, 0.15) is 18.6 Å². The van der Waals surface area contributed by atoms with Crippen LogP contribution in [0.25, 0.3) is 0 Å². The zero-order valence-corrected chi connectivity index (χ0v) is 12.8. The number of rotatable bonds is 3. The first-order valence-electron chi connectivity index (χ1n) is 6.27. The predicted octanol–water partition coefficient (Wildman–Crippen LogP) is 4.29. The van der Waals surface area contributed by atoms with Crippen molar-refractivity contribution in [3.05, 3.63) is 58.3 Å². The maximum absolute atomic E-state index is 13.0. The van der Waals surface area contributed by atoms with Gasteiger partial charge in [0.05, 0.1) is 11.8 Å². The Labute approximate surface area is 130 Å². The molecule has 0 bridgehead atoms. The van der Waals surface area contributed by atoms with Crippen LogP contribution in [0.4, 0.5) is 20.6 Å². The Morgan fingerprint density at radius 2 is 1.86 bits per heavy atom. The monoisotopic (exact) mass is 352 g/mol. The lowest BCUT2D eigenvalue weighted by Gasteiger charge is -2.10. The summed E-state index contributed by atoms with van der Waals surface area (Å²) < 4.78 is 13.4. The minimum Gasteiger partial charge on any atom is -0.389 e. The number of anilines is 2. The molecule has 0 aliphatic carbocycles. The second kappa shape index (κ2) is 6.69. The van der Waals surface area contributed by atoms with Gasteiger partial charge in [-0.25, -0.2) is 9.18 Å². The molecule has 4 nitrogen and oxygen atoms in total. The molecule has 6 heteroatoms. The van der Waals surface area contributed by atoms with Gasteiger partial charge in [-0.1, -0.05) is 12.1 Å². The molecule has 0 aliphatic heterocycles. The second-order valence-corrected chi connectivity index (χ2v) is 5.36. The number of nitrogens with one attached hydrogen (secondary N) is 2. The summed E-state index contributed by atoms with van der Waals surface area (Å²) in [7, 11) is 0. The predicted molar refractivity (Wildman–Crippen MR) is 83.8 cm³/mol. The van der Waals surface area contributed by atoms with E-state index in [9.17, 15) is 14.3 Å². The molecule has 2 aromatic carbocycles. The van der Waals surface area contributed by atoms with Crippen LogP contribution >= 0.6 is 15.9 Å². The van der Waals surface area contributed by atoms with Gasteiger partial charge in [0, 0.05) is 10.2 Å². The number of urea groups is 1. The summed E-state index contributed by atoms with van der Waals surface area (Å²) in [4.78, 5) is 11.9. The van der Waals surface area contributed by atoms with Crippen LogP contribution in [-0.2, 0) is 0 Å². The lowest BCUT2D eigenvalue weighted by molar-refractivity contribution is 0.199. The van der Waals surface area contributed by atoms with Crippen LogP contribution in [0, 0.1) is 5.82 Å². The van der Waals surface area contributed by atoms with E-state index < -0.39 is 12.1 Å². The van der Waals surface area contributed by atoms with E-state index in [4.69, 9.17) is 0 Å². The molecule has 0 spiro atoms. The van der Waals surface area contributed by atoms with E-state index in [-0.39, 0.29) is 5.82 Å². The molecule has 0 radical (unpaired) electrons. The highest BCUT2D eigenvalue weighted by Gasteiger charge is 2.07. The van der Waals surface area contributed by atoms with E-state index in [1.807, 2.05) is 0 Å². The summed E-state index contributed by atoms with van der Waals surface area (Å²) >= 11 is 3.18. The van der Waals surface area contributed by atoms with Crippen molar-refractivity contribution in [2.75, 3.05) is 10.6 Å². The minimum atomic E-state index is -0.553. The minimum absolute atomic E-state index is 0.387.